The average Bonchev–Trinajstić information content (AvgIpc) is 2.67. The van der Waals surface area contributed by atoms with E-state index < -0.39 is 18.3 Å². The van der Waals surface area contributed by atoms with Gasteiger partial charge in [-0.3, -0.25) is 4.79 Å². The number of carbonyl (C=O) groups excluding carboxylic acids is 3. The maximum atomic E-state index is 11.7. The first-order valence-electron chi connectivity index (χ1n) is 9.32. The Morgan fingerprint density at radius 1 is 0.964 bits per heavy atom. The largest absolute Gasteiger partial charge is 0.447 e. The smallest absolute Gasteiger partial charge is 0.407 e. The Bertz CT molecular complexity index is 452. The molecule has 28 heavy (non-hydrogen) atoms. The lowest BCUT2D eigenvalue weighted by molar-refractivity contribution is -0.121. The summed E-state index contributed by atoms with van der Waals surface area (Å²) in [6.07, 6.45) is 0.442. The average molecular weight is 404 g/mol. The number of alkyl carbamates (subject to hydrolysis) is 2. The van der Waals surface area contributed by atoms with E-state index in [2.05, 4.69) is 21.1 Å². The minimum atomic E-state index is -0.631. The summed E-state index contributed by atoms with van der Waals surface area (Å²) >= 11 is 0. The van der Waals surface area contributed by atoms with Crippen molar-refractivity contribution in [3.8, 4) is 0 Å². The highest BCUT2D eigenvalue weighted by molar-refractivity contribution is 5.75. The molecule has 3 amide bonds. The van der Waals surface area contributed by atoms with Crippen molar-refractivity contribution in [1.82, 2.24) is 16.0 Å². The Balaban J connectivity index is 4.11. The maximum absolute atomic E-state index is 11.7. The van der Waals surface area contributed by atoms with Crippen molar-refractivity contribution in [2.75, 3.05) is 46.1 Å². The third-order valence-electron chi connectivity index (χ3n) is 3.04. The number of hydrogen-bond acceptors (Lipinski definition) is 8. The van der Waals surface area contributed by atoms with E-state index in [-0.39, 0.29) is 32.1 Å². The summed E-state index contributed by atoms with van der Waals surface area (Å²) in [5.74, 6) is -0.138. The van der Waals surface area contributed by atoms with Crippen molar-refractivity contribution >= 4 is 24.3 Å². The van der Waals surface area contributed by atoms with Crippen molar-refractivity contribution in [2.24, 2.45) is 5.16 Å². The van der Waals surface area contributed by atoms with Gasteiger partial charge in [-0.05, 0) is 27.2 Å². The third kappa shape index (κ3) is 15.7. The quantitative estimate of drug-likeness (QED) is 0.208. The van der Waals surface area contributed by atoms with Crippen LogP contribution in [0.4, 0.5) is 9.59 Å². The van der Waals surface area contributed by atoms with Crippen molar-refractivity contribution in [3.05, 3.63) is 0 Å². The lowest BCUT2D eigenvalue weighted by Gasteiger charge is -2.18. The molecule has 11 nitrogen and oxygen atoms in total. The highest BCUT2D eigenvalue weighted by atomic mass is 16.6. The molecular formula is C17H32N4O7. The fraction of sp³-hybridized carbons (Fsp3) is 0.765. The number of nitrogens with zero attached hydrogens (tertiary/aromatic N) is 1. The van der Waals surface area contributed by atoms with E-state index in [1.807, 2.05) is 0 Å². The van der Waals surface area contributed by atoms with E-state index >= 15 is 0 Å². The number of oxime groups is 1. The van der Waals surface area contributed by atoms with Gasteiger partial charge in [-0.15, -0.1) is 0 Å². The zero-order valence-corrected chi connectivity index (χ0v) is 16.8. The molecule has 0 saturated heterocycles. The molecule has 0 bridgehead atoms. The van der Waals surface area contributed by atoms with Crippen LogP contribution in [0.25, 0.3) is 0 Å². The van der Waals surface area contributed by atoms with E-state index in [4.69, 9.17) is 19.0 Å². The minimum Gasteiger partial charge on any atom is -0.447 e. The molecule has 0 aromatic heterocycles. The van der Waals surface area contributed by atoms with Crippen molar-refractivity contribution < 1.29 is 33.4 Å². The summed E-state index contributed by atoms with van der Waals surface area (Å²) < 4.78 is 15.6. The fourth-order valence-corrected chi connectivity index (χ4v) is 1.81. The number of ether oxygens (including phenoxy) is 3. The molecule has 0 saturated carbocycles. The summed E-state index contributed by atoms with van der Waals surface area (Å²) in [5.41, 5.74) is 0. The molecule has 0 heterocycles. The normalized spacial score (nSPS) is 10.6. The lowest BCUT2D eigenvalue weighted by Crippen LogP contribution is -2.34. The first kappa shape index (κ1) is 25.4. The van der Waals surface area contributed by atoms with Crippen LogP contribution in [0.5, 0.6) is 0 Å². The zero-order chi connectivity index (χ0) is 21.0. The summed E-state index contributed by atoms with van der Waals surface area (Å²) in [6.45, 7) is 6.88. The topological polar surface area (TPSA) is 137 Å². The third-order valence-corrected chi connectivity index (χ3v) is 3.04. The van der Waals surface area contributed by atoms with Crippen LogP contribution in [0, 0.1) is 0 Å². The van der Waals surface area contributed by atoms with Gasteiger partial charge < -0.3 is 35.0 Å². The van der Waals surface area contributed by atoms with Crippen molar-refractivity contribution in [3.63, 3.8) is 0 Å². The fourth-order valence-electron chi connectivity index (χ4n) is 1.81. The van der Waals surface area contributed by atoms with Gasteiger partial charge in [0.1, 0.15) is 25.9 Å². The first-order chi connectivity index (χ1) is 13.5. The number of hydrogen-bond donors (Lipinski definition) is 3. The molecule has 0 unspecified atom stereocenters. The van der Waals surface area contributed by atoms with E-state index in [1.165, 1.54) is 6.21 Å². The Hall–Kier alpha value is -2.56. The second kappa shape index (κ2) is 17.8. The van der Waals surface area contributed by atoms with Crippen LogP contribution in [0.3, 0.4) is 0 Å². The van der Waals surface area contributed by atoms with Gasteiger partial charge >= 0.3 is 12.2 Å². The van der Waals surface area contributed by atoms with Crippen LogP contribution in [-0.4, -0.2) is 76.5 Å². The Morgan fingerprint density at radius 2 is 1.57 bits per heavy atom. The minimum absolute atomic E-state index is 0.0767. The van der Waals surface area contributed by atoms with Gasteiger partial charge in [-0.1, -0.05) is 5.16 Å². The lowest BCUT2D eigenvalue weighted by atomic mass is 10.3. The molecule has 3 N–H and O–H groups in total. The molecule has 0 fully saturated rings. The van der Waals surface area contributed by atoms with Gasteiger partial charge in [0.25, 0.3) is 0 Å². The maximum Gasteiger partial charge on any atom is 0.407 e. The highest BCUT2D eigenvalue weighted by Gasteiger charge is 2.15. The van der Waals surface area contributed by atoms with Gasteiger partial charge in [-0.2, -0.15) is 0 Å². The van der Waals surface area contributed by atoms with E-state index in [0.717, 1.165) is 0 Å². The Kier molecular flexibility index (Phi) is 16.2. The molecule has 0 aliphatic heterocycles. The second-order valence-electron chi connectivity index (χ2n) is 5.40. The summed E-state index contributed by atoms with van der Waals surface area (Å²) in [7, 11) is 0. The highest BCUT2D eigenvalue weighted by Crippen LogP contribution is 2.00. The second-order valence-corrected chi connectivity index (χ2v) is 5.40. The molecular weight excluding hydrogens is 372 g/mol. The van der Waals surface area contributed by atoms with Gasteiger partial charge in [-0.25, -0.2) is 9.59 Å². The molecule has 0 aliphatic rings. The molecule has 0 aromatic carbocycles. The number of rotatable bonds is 15. The van der Waals surface area contributed by atoms with Crippen molar-refractivity contribution in [2.45, 2.75) is 39.7 Å². The van der Waals surface area contributed by atoms with E-state index in [0.29, 0.717) is 32.7 Å². The number of nitrogens with one attached hydrogen (secondary N) is 3. The monoisotopic (exact) mass is 404 g/mol. The van der Waals surface area contributed by atoms with Gasteiger partial charge in [0.15, 0.2) is 0 Å². The molecule has 0 radical (unpaired) electrons. The summed E-state index contributed by atoms with van der Waals surface area (Å²) in [5, 5.41) is 11.2. The van der Waals surface area contributed by atoms with Gasteiger partial charge in [0.2, 0.25) is 5.91 Å². The zero-order valence-electron chi connectivity index (χ0n) is 16.8. The molecule has 11 heteroatoms. The Morgan fingerprint density at radius 3 is 2.11 bits per heavy atom. The molecule has 0 spiro atoms. The van der Waals surface area contributed by atoms with Crippen LogP contribution in [0.2, 0.25) is 0 Å². The molecule has 0 rings (SSSR count). The standard InChI is InChI=1S/C17H32N4O7/c1-4-18-16(23)26-12-14(13-27-17(24)19-5-2)25-10-7-8-15(22)20-9-11-28-21-6-3/h6,14H,4-5,7-13H2,1-3H3,(H,18,23)(H,19,24)(H,20,22). The van der Waals surface area contributed by atoms with Crippen LogP contribution < -0.4 is 16.0 Å². The van der Waals surface area contributed by atoms with E-state index in [9.17, 15) is 14.4 Å². The van der Waals surface area contributed by atoms with Crippen LogP contribution in [0.1, 0.15) is 33.6 Å². The number of amides is 3. The van der Waals surface area contributed by atoms with Crippen molar-refractivity contribution in [1.29, 1.82) is 0 Å². The van der Waals surface area contributed by atoms with E-state index in [1.54, 1.807) is 20.8 Å². The van der Waals surface area contributed by atoms with Crippen LogP contribution >= 0.6 is 0 Å². The predicted octanol–water partition coefficient (Wildman–Crippen LogP) is 0.783. The summed E-state index contributed by atoms with van der Waals surface area (Å²) in [6, 6.07) is 0. The predicted molar refractivity (Wildman–Crippen MR) is 102 cm³/mol. The van der Waals surface area contributed by atoms with Gasteiger partial charge in [0.05, 0.1) is 6.54 Å². The molecule has 0 aliphatic carbocycles. The number of carbonyl (C=O) groups is 3. The van der Waals surface area contributed by atoms with Crippen LogP contribution in [-0.2, 0) is 23.8 Å². The molecule has 162 valence electrons. The SMILES string of the molecule is CC=NOCCNC(=O)CCCOC(COC(=O)NCC)COC(=O)NCC. The van der Waals surface area contributed by atoms with Gasteiger partial charge in [0, 0.05) is 32.3 Å². The first-order valence-corrected chi connectivity index (χ1v) is 9.32. The van der Waals surface area contributed by atoms with Crippen LogP contribution in [0.15, 0.2) is 5.16 Å². The summed E-state index contributed by atoms with van der Waals surface area (Å²) in [4.78, 5) is 39.3. The molecule has 0 aromatic rings. The molecule has 0 atom stereocenters. The Labute approximate surface area is 165 Å².